The first kappa shape index (κ1) is 36.2. The van der Waals surface area contributed by atoms with Crippen molar-refractivity contribution in [2.24, 2.45) is 0 Å². The fourth-order valence-corrected chi connectivity index (χ4v) is 4.49. The molecule has 4 amide bonds. The first-order chi connectivity index (χ1) is 18.6. The van der Waals surface area contributed by atoms with Crippen LogP contribution < -0.4 is 10.6 Å². The highest BCUT2D eigenvalue weighted by Crippen LogP contribution is 2.19. The van der Waals surface area contributed by atoms with E-state index in [1.807, 2.05) is 0 Å². The van der Waals surface area contributed by atoms with E-state index in [-0.39, 0.29) is 38.0 Å². The molecule has 238 valence electrons. The number of carbonyl (C=O) groups is 4. The molecule has 0 aromatic heterocycles. The minimum absolute atomic E-state index is 0.117. The minimum Gasteiger partial charge on any atom is -0.465 e. The van der Waals surface area contributed by atoms with Crippen molar-refractivity contribution in [3.8, 4) is 0 Å². The zero-order valence-electron chi connectivity index (χ0n) is 25.4. The molecule has 2 fully saturated rings. The van der Waals surface area contributed by atoms with Gasteiger partial charge < -0.3 is 30.3 Å². The van der Waals surface area contributed by atoms with Gasteiger partial charge in [-0.2, -0.15) is 13.2 Å². The maximum Gasteiger partial charge on any atom is 0.408 e. The van der Waals surface area contributed by atoms with Gasteiger partial charge in [0.05, 0.1) is 6.54 Å². The van der Waals surface area contributed by atoms with Crippen LogP contribution in [0.5, 0.6) is 0 Å². The van der Waals surface area contributed by atoms with E-state index in [9.17, 15) is 37.5 Å². The molecule has 0 aliphatic carbocycles. The van der Waals surface area contributed by atoms with Crippen LogP contribution in [0, 0.1) is 0 Å². The predicted octanol–water partition coefficient (Wildman–Crippen LogP) is 2.19. The average molecular weight is 597 g/mol. The van der Waals surface area contributed by atoms with Gasteiger partial charge in [-0.3, -0.25) is 19.4 Å². The van der Waals surface area contributed by atoms with Gasteiger partial charge in [0, 0.05) is 57.9 Å². The van der Waals surface area contributed by atoms with Gasteiger partial charge in [0.15, 0.2) is 0 Å². The molecule has 0 bridgehead atoms. The molecule has 3 N–H and O–H groups in total. The van der Waals surface area contributed by atoms with Crippen molar-refractivity contribution in [2.45, 2.75) is 84.8 Å². The summed E-state index contributed by atoms with van der Waals surface area (Å²) in [5.74, 6) is -0.448. The fourth-order valence-electron chi connectivity index (χ4n) is 4.49. The summed E-state index contributed by atoms with van der Waals surface area (Å²) >= 11 is 0. The van der Waals surface area contributed by atoms with E-state index < -0.39 is 48.1 Å². The summed E-state index contributed by atoms with van der Waals surface area (Å²) in [6.07, 6.45) is -6.00. The second-order valence-corrected chi connectivity index (χ2v) is 12.2. The smallest absolute Gasteiger partial charge is 0.408 e. The van der Waals surface area contributed by atoms with Gasteiger partial charge in [-0.05, 0) is 55.4 Å². The molecule has 0 radical (unpaired) electrons. The van der Waals surface area contributed by atoms with Gasteiger partial charge >= 0.3 is 18.4 Å². The minimum atomic E-state index is -4.24. The maximum atomic E-state index is 12.3. The third-order valence-electron chi connectivity index (χ3n) is 6.29. The number of rotatable bonds is 5. The van der Waals surface area contributed by atoms with E-state index in [4.69, 9.17) is 4.74 Å². The van der Waals surface area contributed by atoms with Crippen molar-refractivity contribution in [1.29, 1.82) is 0 Å². The maximum absolute atomic E-state index is 12.3. The van der Waals surface area contributed by atoms with Crippen LogP contribution in [0.25, 0.3) is 0 Å². The SMILES string of the molecule is C[C@@H](C(=O)N1CCNCC1)N(C(=O)O)C(C)(C)C.C[C@H](NC(=O)OC(C)(C)C)C(=O)N1CCN(CC(F)(F)F)CC1. The van der Waals surface area contributed by atoms with E-state index in [1.165, 1.54) is 21.6 Å². The summed E-state index contributed by atoms with van der Waals surface area (Å²) in [7, 11) is 0. The molecule has 0 aromatic rings. The number of alkyl halides is 3. The lowest BCUT2D eigenvalue weighted by molar-refractivity contribution is -0.152. The third-order valence-corrected chi connectivity index (χ3v) is 6.29. The van der Waals surface area contributed by atoms with Gasteiger partial charge in [-0.1, -0.05) is 0 Å². The topological polar surface area (TPSA) is 135 Å². The number of carboxylic acid groups (broad SMARTS) is 1. The molecule has 0 aromatic carbocycles. The van der Waals surface area contributed by atoms with Gasteiger partial charge in [-0.25, -0.2) is 9.59 Å². The van der Waals surface area contributed by atoms with Crippen LogP contribution in [0.2, 0.25) is 0 Å². The highest BCUT2D eigenvalue weighted by atomic mass is 19.4. The molecule has 2 atom stereocenters. The van der Waals surface area contributed by atoms with E-state index in [1.54, 1.807) is 53.4 Å². The van der Waals surface area contributed by atoms with E-state index >= 15 is 0 Å². The van der Waals surface area contributed by atoms with Gasteiger partial charge in [0.25, 0.3) is 0 Å². The van der Waals surface area contributed by atoms with Crippen molar-refractivity contribution in [2.75, 3.05) is 58.9 Å². The van der Waals surface area contributed by atoms with Crippen LogP contribution in [0.3, 0.4) is 0 Å². The number of carbonyl (C=O) groups excluding carboxylic acids is 3. The number of halogens is 3. The highest BCUT2D eigenvalue weighted by molar-refractivity contribution is 5.86. The summed E-state index contributed by atoms with van der Waals surface area (Å²) < 4.78 is 42.0. The largest absolute Gasteiger partial charge is 0.465 e. The van der Waals surface area contributed by atoms with Crippen molar-refractivity contribution in [1.82, 2.24) is 30.2 Å². The summed E-state index contributed by atoms with van der Waals surface area (Å²) in [4.78, 5) is 53.1. The van der Waals surface area contributed by atoms with Crippen LogP contribution in [0.15, 0.2) is 0 Å². The Morgan fingerprint density at radius 3 is 1.78 bits per heavy atom. The lowest BCUT2D eigenvalue weighted by Gasteiger charge is -2.40. The van der Waals surface area contributed by atoms with Crippen LogP contribution in [-0.2, 0) is 14.3 Å². The zero-order valence-corrected chi connectivity index (χ0v) is 25.4. The van der Waals surface area contributed by atoms with Crippen LogP contribution >= 0.6 is 0 Å². The van der Waals surface area contributed by atoms with Crippen molar-refractivity contribution in [3.63, 3.8) is 0 Å². The number of nitrogens with zero attached hydrogens (tertiary/aromatic N) is 4. The zero-order chi connectivity index (χ0) is 31.8. The molecular weight excluding hydrogens is 549 g/mol. The molecule has 0 spiro atoms. The third kappa shape index (κ3) is 13.1. The molecule has 2 heterocycles. The fraction of sp³-hybridized carbons (Fsp3) is 0.846. The lowest BCUT2D eigenvalue weighted by Crippen LogP contribution is -2.58. The van der Waals surface area contributed by atoms with Crippen molar-refractivity contribution >= 4 is 24.0 Å². The van der Waals surface area contributed by atoms with Gasteiger partial charge in [-0.15, -0.1) is 0 Å². The number of alkyl carbamates (subject to hydrolysis) is 1. The molecule has 12 nitrogen and oxygen atoms in total. The molecule has 41 heavy (non-hydrogen) atoms. The van der Waals surface area contributed by atoms with Gasteiger partial charge in [0.1, 0.15) is 17.7 Å². The molecule has 2 aliphatic heterocycles. The molecular formula is C26H47F3N6O6. The number of hydrogen-bond donors (Lipinski definition) is 3. The number of ether oxygens (including phenoxy) is 1. The Morgan fingerprint density at radius 1 is 0.878 bits per heavy atom. The summed E-state index contributed by atoms with van der Waals surface area (Å²) in [6.45, 7) is 16.2. The first-order valence-electron chi connectivity index (χ1n) is 13.7. The average Bonchev–Trinajstić information content (AvgIpc) is 2.81. The number of amides is 4. The van der Waals surface area contributed by atoms with Crippen LogP contribution in [0.1, 0.15) is 55.4 Å². The Labute approximate surface area is 240 Å². The molecule has 2 saturated heterocycles. The van der Waals surface area contributed by atoms with Crippen molar-refractivity contribution < 1.29 is 42.2 Å². The van der Waals surface area contributed by atoms with Gasteiger partial charge in [0.2, 0.25) is 11.8 Å². The first-order valence-corrected chi connectivity index (χ1v) is 13.7. The van der Waals surface area contributed by atoms with Crippen molar-refractivity contribution in [3.05, 3.63) is 0 Å². The Bertz CT molecular complexity index is 892. The van der Waals surface area contributed by atoms with Crippen LogP contribution in [-0.4, -0.2) is 137 Å². The Hall–Kier alpha value is -2.81. The Balaban J connectivity index is 0.000000422. The van der Waals surface area contributed by atoms with Crippen LogP contribution in [0.4, 0.5) is 22.8 Å². The summed E-state index contributed by atoms with van der Waals surface area (Å²) in [6, 6.07) is -1.44. The van der Waals surface area contributed by atoms with E-state index in [0.717, 1.165) is 13.1 Å². The quantitative estimate of drug-likeness (QED) is 0.440. The monoisotopic (exact) mass is 596 g/mol. The predicted molar refractivity (Wildman–Crippen MR) is 146 cm³/mol. The number of hydrogen-bond acceptors (Lipinski definition) is 7. The Kier molecular flexibility index (Phi) is 13.2. The number of nitrogens with one attached hydrogen (secondary N) is 2. The highest BCUT2D eigenvalue weighted by Gasteiger charge is 2.37. The van der Waals surface area contributed by atoms with E-state index in [0.29, 0.717) is 13.1 Å². The number of piperazine rings is 2. The summed E-state index contributed by atoms with van der Waals surface area (Å²) in [5.41, 5.74) is -1.26. The molecule has 0 saturated carbocycles. The van der Waals surface area contributed by atoms with E-state index in [2.05, 4.69) is 10.6 Å². The molecule has 15 heteroatoms. The molecule has 2 aliphatic rings. The second kappa shape index (κ2) is 14.9. The normalized spacial score (nSPS) is 18.4. The molecule has 2 rings (SSSR count). The molecule has 0 unspecified atom stereocenters. The Morgan fingerprint density at radius 2 is 1.37 bits per heavy atom. The second-order valence-electron chi connectivity index (χ2n) is 12.2. The summed E-state index contributed by atoms with van der Waals surface area (Å²) in [5, 5.41) is 14.9. The lowest BCUT2D eigenvalue weighted by atomic mass is 10.0. The standard InChI is InChI=1S/C14H24F3N3O3.C12H23N3O3/c1-10(18-12(22)23-13(2,3)4)11(21)20-7-5-19(6-8-20)9-14(15,16)17;1-9(15(11(17)18)12(2,3)4)10(16)14-7-5-13-6-8-14/h10H,5-9H2,1-4H3,(H,18,22);9,13H,5-8H2,1-4H3,(H,17,18)/t10-;9-/m00/s1.